The molecule has 1 rings (SSSR count). The molecular weight excluding hydrogens is 202 g/mol. The van der Waals surface area contributed by atoms with Crippen molar-refractivity contribution in [3.05, 3.63) is 0 Å². The molecule has 0 saturated heterocycles. The summed E-state index contributed by atoms with van der Waals surface area (Å²) in [7, 11) is 0. The highest BCUT2D eigenvalue weighted by Gasteiger charge is 2.15. The van der Waals surface area contributed by atoms with E-state index in [4.69, 9.17) is 4.74 Å². The van der Waals surface area contributed by atoms with Crippen LogP contribution in [0.3, 0.4) is 0 Å². The maximum absolute atomic E-state index is 11.4. The lowest BCUT2D eigenvalue weighted by Gasteiger charge is -2.19. The molecule has 0 N–H and O–H groups in total. The van der Waals surface area contributed by atoms with E-state index in [-0.39, 0.29) is 12.5 Å². The molecule has 0 bridgehead atoms. The molecule has 0 aromatic carbocycles. The third-order valence-corrected chi connectivity index (χ3v) is 2.61. The van der Waals surface area contributed by atoms with E-state index in [2.05, 4.69) is 4.99 Å². The van der Waals surface area contributed by atoms with Crippen LogP contribution in [-0.4, -0.2) is 24.3 Å². The van der Waals surface area contributed by atoms with Gasteiger partial charge in [-0.05, 0) is 39.5 Å². The summed E-state index contributed by atoms with van der Waals surface area (Å²) < 4.78 is 5.17. The zero-order valence-electron chi connectivity index (χ0n) is 10.7. The van der Waals surface area contributed by atoms with E-state index >= 15 is 0 Å². The Hall–Kier alpha value is -0.860. The van der Waals surface area contributed by atoms with Crippen molar-refractivity contribution in [3.63, 3.8) is 0 Å². The molecule has 0 aliphatic heterocycles. The molecule has 0 aromatic heterocycles. The summed E-state index contributed by atoms with van der Waals surface area (Å²) in [5.74, 6) is 0.343. The van der Waals surface area contributed by atoms with Gasteiger partial charge < -0.3 is 4.74 Å². The molecule has 0 heterocycles. The van der Waals surface area contributed by atoms with Gasteiger partial charge in [0.1, 0.15) is 12.1 Å². The Morgan fingerprint density at radius 1 is 1.31 bits per heavy atom. The van der Waals surface area contributed by atoms with Gasteiger partial charge in [-0.1, -0.05) is 19.3 Å². The molecule has 0 radical (unpaired) electrons. The van der Waals surface area contributed by atoms with Crippen molar-refractivity contribution >= 4 is 12.2 Å². The van der Waals surface area contributed by atoms with Gasteiger partial charge in [0, 0.05) is 6.21 Å². The van der Waals surface area contributed by atoms with Gasteiger partial charge in [-0.25, -0.2) is 0 Å². The minimum absolute atomic E-state index is 0.160. The normalized spacial score (nSPS) is 18.9. The Bertz CT molecular complexity index is 247. The monoisotopic (exact) mass is 225 g/mol. The highest BCUT2D eigenvalue weighted by atomic mass is 16.6. The van der Waals surface area contributed by atoms with Crippen LogP contribution in [-0.2, 0) is 9.53 Å². The van der Waals surface area contributed by atoms with Crippen LogP contribution in [0.25, 0.3) is 0 Å². The van der Waals surface area contributed by atoms with Crippen LogP contribution in [0, 0.1) is 5.92 Å². The van der Waals surface area contributed by atoms with Crippen LogP contribution in [0.4, 0.5) is 0 Å². The van der Waals surface area contributed by atoms with Gasteiger partial charge in [0.15, 0.2) is 0 Å². The average molecular weight is 225 g/mol. The second-order valence-corrected chi connectivity index (χ2v) is 5.47. The zero-order chi connectivity index (χ0) is 12.0. The Morgan fingerprint density at radius 2 is 1.94 bits per heavy atom. The lowest BCUT2D eigenvalue weighted by molar-refractivity contribution is -0.152. The van der Waals surface area contributed by atoms with E-state index in [1.54, 1.807) is 0 Å². The first kappa shape index (κ1) is 13.2. The molecule has 3 heteroatoms. The number of hydrogen-bond acceptors (Lipinski definition) is 3. The van der Waals surface area contributed by atoms with Crippen molar-refractivity contribution in [3.8, 4) is 0 Å². The largest absolute Gasteiger partial charge is 0.459 e. The number of aliphatic imine (C=N–C) groups is 1. The van der Waals surface area contributed by atoms with E-state index in [0.29, 0.717) is 5.92 Å². The summed E-state index contributed by atoms with van der Waals surface area (Å²) in [4.78, 5) is 15.5. The molecule has 16 heavy (non-hydrogen) atoms. The smallest absolute Gasteiger partial charge is 0.328 e. The SMILES string of the molecule is CC(C)(C)OC(=O)CN=CC1CCCCC1. The summed E-state index contributed by atoms with van der Waals surface area (Å²) in [6, 6.07) is 0. The molecule has 0 amide bonds. The van der Waals surface area contributed by atoms with E-state index in [0.717, 1.165) is 0 Å². The quantitative estimate of drug-likeness (QED) is 0.547. The van der Waals surface area contributed by atoms with Crippen LogP contribution in [0.5, 0.6) is 0 Å². The minimum Gasteiger partial charge on any atom is -0.459 e. The van der Waals surface area contributed by atoms with Gasteiger partial charge >= 0.3 is 5.97 Å². The molecule has 1 saturated carbocycles. The number of hydrogen-bond donors (Lipinski definition) is 0. The Balaban J connectivity index is 2.22. The third kappa shape index (κ3) is 5.89. The summed E-state index contributed by atoms with van der Waals surface area (Å²) in [6.45, 7) is 5.77. The van der Waals surface area contributed by atoms with Gasteiger partial charge in [-0.15, -0.1) is 0 Å². The topological polar surface area (TPSA) is 38.7 Å². The number of ether oxygens (including phenoxy) is 1. The lowest BCUT2D eigenvalue weighted by atomic mass is 9.90. The third-order valence-electron chi connectivity index (χ3n) is 2.61. The molecule has 0 unspecified atom stereocenters. The van der Waals surface area contributed by atoms with Gasteiger partial charge in [-0.3, -0.25) is 9.79 Å². The van der Waals surface area contributed by atoms with Crippen LogP contribution in [0.15, 0.2) is 4.99 Å². The molecular formula is C13H23NO2. The molecule has 1 aliphatic rings. The van der Waals surface area contributed by atoms with Gasteiger partial charge in [0.25, 0.3) is 0 Å². The predicted octanol–water partition coefficient (Wildman–Crippen LogP) is 2.98. The molecule has 0 atom stereocenters. The minimum atomic E-state index is -0.405. The van der Waals surface area contributed by atoms with Crippen LogP contribution in [0.2, 0.25) is 0 Å². The number of carbonyl (C=O) groups is 1. The lowest BCUT2D eigenvalue weighted by Crippen LogP contribution is -2.25. The standard InChI is InChI=1S/C13H23NO2/c1-13(2,3)16-12(15)10-14-9-11-7-5-4-6-8-11/h9,11H,4-8,10H2,1-3H3. The second kappa shape index (κ2) is 6.02. The fraction of sp³-hybridized carbons (Fsp3) is 0.846. The number of nitrogens with zero attached hydrogens (tertiary/aromatic N) is 1. The van der Waals surface area contributed by atoms with E-state index < -0.39 is 5.60 Å². The first-order valence-corrected chi connectivity index (χ1v) is 6.19. The first-order chi connectivity index (χ1) is 7.47. The predicted molar refractivity (Wildman–Crippen MR) is 65.8 cm³/mol. The van der Waals surface area contributed by atoms with Crippen molar-refractivity contribution < 1.29 is 9.53 Å². The van der Waals surface area contributed by atoms with Crippen LogP contribution in [0.1, 0.15) is 52.9 Å². The van der Waals surface area contributed by atoms with Gasteiger partial charge in [0.05, 0.1) is 0 Å². The maximum Gasteiger partial charge on any atom is 0.328 e. The van der Waals surface area contributed by atoms with Gasteiger partial charge in [0.2, 0.25) is 0 Å². The number of esters is 1. The maximum atomic E-state index is 11.4. The summed E-state index contributed by atoms with van der Waals surface area (Å²) in [5, 5.41) is 0. The zero-order valence-corrected chi connectivity index (χ0v) is 10.7. The fourth-order valence-corrected chi connectivity index (χ4v) is 1.93. The van der Waals surface area contributed by atoms with E-state index in [1.165, 1.54) is 32.1 Å². The number of rotatable bonds is 3. The molecule has 1 fully saturated rings. The Morgan fingerprint density at radius 3 is 2.50 bits per heavy atom. The average Bonchev–Trinajstić information content (AvgIpc) is 2.16. The first-order valence-electron chi connectivity index (χ1n) is 6.19. The summed E-state index contributed by atoms with van der Waals surface area (Å²) in [5.41, 5.74) is -0.405. The van der Waals surface area contributed by atoms with Crippen molar-refractivity contribution in [1.82, 2.24) is 0 Å². The highest BCUT2D eigenvalue weighted by molar-refractivity contribution is 5.74. The molecule has 0 spiro atoms. The highest BCUT2D eigenvalue weighted by Crippen LogP contribution is 2.21. The summed E-state index contributed by atoms with van der Waals surface area (Å²) in [6.07, 6.45) is 8.32. The van der Waals surface area contributed by atoms with Crippen molar-refractivity contribution in [2.24, 2.45) is 10.9 Å². The number of carbonyl (C=O) groups excluding carboxylic acids is 1. The fourth-order valence-electron chi connectivity index (χ4n) is 1.93. The Kier molecular flexibility index (Phi) is 4.97. The van der Waals surface area contributed by atoms with Crippen molar-refractivity contribution in [1.29, 1.82) is 0 Å². The van der Waals surface area contributed by atoms with Crippen LogP contribution >= 0.6 is 0 Å². The molecule has 0 aromatic rings. The molecule has 1 aliphatic carbocycles. The van der Waals surface area contributed by atoms with Gasteiger partial charge in [-0.2, -0.15) is 0 Å². The Labute approximate surface area is 98.3 Å². The van der Waals surface area contributed by atoms with Crippen LogP contribution < -0.4 is 0 Å². The molecule has 92 valence electrons. The molecule has 3 nitrogen and oxygen atoms in total. The second-order valence-electron chi connectivity index (χ2n) is 5.47. The van der Waals surface area contributed by atoms with E-state index in [1.807, 2.05) is 27.0 Å². The summed E-state index contributed by atoms with van der Waals surface area (Å²) >= 11 is 0. The van der Waals surface area contributed by atoms with E-state index in [9.17, 15) is 4.79 Å². The van der Waals surface area contributed by atoms with Crippen molar-refractivity contribution in [2.45, 2.75) is 58.5 Å². The van der Waals surface area contributed by atoms with Crippen molar-refractivity contribution in [2.75, 3.05) is 6.54 Å².